The summed E-state index contributed by atoms with van der Waals surface area (Å²) in [7, 11) is 0. The van der Waals surface area contributed by atoms with Gasteiger partial charge in [0, 0.05) is 18.2 Å². The molecule has 0 spiro atoms. The highest BCUT2D eigenvalue weighted by atomic mass is 16.6. The van der Waals surface area contributed by atoms with E-state index in [1.807, 2.05) is 0 Å². The maximum atomic E-state index is 12.6. The minimum atomic E-state index is -0.499. The first-order valence-corrected chi connectivity index (χ1v) is 8.11. The number of Topliss-reactive ketones (excluding diaryl/α,β-unsaturated/α-hetero) is 1. The molecule has 9 heteroatoms. The monoisotopic (exact) mass is 368 g/mol. The Hall–Kier alpha value is -3.75. The molecule has 0 radical (unpaired) electrons. The summed E-state index contributed by atoms with van der Waals surface area (Å²) < 4.78 is 1.42. The van der Waals surface area contributed by atoms with Crippen molar-refractivity contribution < 1.29 is 9.72 Å². The number of nitrogens with zero attached hydrogens (tertiary/aromatic N) is 4. The van der Waals surface area contributed by atoms with Gasteiger partial charge in [-0.15, -0.1) is 5.10 Å². The van der Waals surface area contributed by atoms with E-state index in [9.17, 15) is 14.9 Å². The molecule has 4 N–H and O–H groups in total. The van der Waals surface area contributed by atoms with Crippen molar-refractivity contribution in [2.24, 2.45) is 27.6 Å². The summed E-state index contributed by atoms with van der Waals surface area (Å²) in [6.45, 7) is 3.56. The van der Waals surface area contributed by atoms with Crippen molar-refractivity contribution in [3.63, 3.8) is 0 Å². The molecule has 0 amide bonds. The molecule has 0 aliphatic rings. The predicted molar refractivity (Wildman–Crippen MR) is 105 cm³/mol. The minimum absolute atomic E-state index is 0.0992. The van der Waals surface area contributed by atoms with E-state index in [1.54, 1.807) is 50.3 Å². The fraction of sp³-hybridized carbons (Fsp3) is 0.167. The Kier molecular flexibility index (Phi) is 6.21. The molecule has 2 aromatic rings. The van der Waals surface area contributed by atoms with Crippen LogP contribution in [0.3, 0.4) is 0 Å². The van der Waals surface area contributed by atoms with E-state index >= 15 is 0 Å². The topological polar surface area (TPSA) is 142 Å². The molecule has 0 bridgehead atoms. The van der Waals surface area contributed by atoms with Gasteiger partial charge < -0.3 is 21.6 Å². The molecule has 0 saturated carbocycles. The number of hydrogen-bond donors (Lipinski definition) is 2. The second-order valence-corrected chi connectivity index (χ2v) is 5.89. The standard InChI is InChI=1S/C18H20N6O3/c1-12(2)17(25)14-7-3-4-8-15(14)23-13(9-10-16(23)24(26)27)6-5-11-21-22-18(19)20/h3-12H,1-2H3,(H4,19,20,22)/b6-5+,21-11+. The lowest BCUT2D eigenvalue weighted by Crippen LogP contribution is -2.21. The zero-order chi connectivity index (χ0) is 20.0. The molecule has 27 heavy (non-hydrogen) atoms. The Labute approximate surface area is 155 Å². The largest absolute Gasteiger partial charge is 0.369 e. The van der Waals surface area contributed by atoms with Gasteiger partial charge in [0.05, 0.1) is 5.56 Å². The Morgan fingerprint density at radius 2 is 1.93 bits per heavy atom. The van der Waals surface area contributed by atoms with E-state index in [4.69, 9.17) is 11.5 Å². The second-order valence-electron chi connectivity index (χ2n) is 5.89. The van der Waals surface area contributed by atoms with Gasteiger partial charge >= 0.3 is 5.82 Å². The number of carbonyl (C=O) groups excluding carboxylic acids is 1. The quantitative estimate of drug-likeness (QED) is 0.254. The molecule has 1 aromatic heterocycles. The number of carbonyl (C=O) groups is 1. The summed E-state index contributed by atoms with van der Waals surface area (Å²) in [6, 6.07) is 9.75. The number of aromatic nitrogens is 1. The number of para-hydroxylation sites is 1. The fourth-order valence-corrected chi connectivity index (χ4v) is 2.44. The van der Waals surface area contributed by atoms with Gasteiger partial charge in [-0.3, -0.25) is 4.79 Å². The molecule has 0 aliphatic carbocycles. The van der Waals surface area contributed by atoms with E-state index in [2.05, 4.69) is 10.2 Å². The lowest BCUT2D eigenvalue weighted by atomic mass is 9.99. The summed E-state index contributed by atoms with van der Waals surface area (Å²) in [4.78, 5) is 23.5. The number of guanidine groups is 1. The lowest BCUT2D eigenvalue weighted by molar-refractivity contribution is -0.390. The van der Waals surface area contributed by atoms with Crippen molar-refractivity contribution in [2.45, 2.75) is 13.8 Å². The molecular formula is C18H20N6O3. The number of benzene rings is 1. The molecule has 0 fully saturated rings. The molecule has 2 rings (SSSR count). The van der Waals surface area contributed by atoms with Gasteiger partial charge in [0.25, 0.3) is 0 Å². The van der Waals surface area contributed by atoms with E-state index in [-0.39, 0.29) is 23.5 Å². The molecule has 140 valence electrons. The molecule has 0 aliphatic heterocycles. The van der Waals surface area contributed by atoms with Crippen LogP contribution in [0.4, 0.5) is 5.82 Å². The number of nitrogens with two attached hydrogens (primary N) is 2. The highest BCUT2D eigenvalue weighted by molar-refractivity contribution is 6.01. The molecular weight excluding hydrogens is 348 g/mol. The minimum Gasteiger partial charge on any atom is -0.369 e. The second kappa shape index (κ2) is 8.56. The first-order valence-electron chi connectivity index (χ1n) is 8.11. The van der Waals surface area contributed by atoms with Crippen LogP contribution in [0.5, 0.6) is 0 Å². The van der Waals surface area contributed by atoms with Gasteiger partial charge in [0.1, 0.15) is 11.4 Å². The van der Waals surface area contributed by atoms with E-state index in [0.29, 0.717) is 16.9 Å². The zero-order valence-electron chi connectivity index (χ0n) is 14.9. The first-order chi connectivity index (χ1) is 12.8. The predicted octanol–water partition coefficient (Wildman–Crippen LogP) is 2.50. The van der Waals surface area contributed by atoms with Gasteiger partial charge in [0.2, 0.25) is 5.96 Å². The van der Waals surface area contributed by atoms with E-state index in [1.165, 1.54) is 22.9 Å². The van der Waals surface area contributed by atoms with Crippen molar-refractivity contribution in [3.8, 4) is 5.69 Å². The smallest absolute Gasteiger partial charge is 0.328 e. The van der Waals surface area contributed by atoms with Crippen molar-refractivity contribution in [3.05, 3.63) is 63.8 Å². The van der Waals surface area contributed by atoms with Crippen LogP contribution in [0.1, 0.15) is 29.9 Å². The molecule has 0 unspecified atom stereocenters. The van der Waals surface area contributed by atoms with Gasteiger partial charge in [-0.1, -0.05) is 26.0 Å². The summed E-state index contributed by atoms with van der Waals surface area (Å²) in [5.74, 6) is -0.677. The molecule has 1 aromatic carbocycles. The zero-order valence-corrected chi connectivity index (χ0v) is 14.9. The first kappa shape index (κ1) is 19.6. The Morgan fingerprint density at radius 1 is 1.22 bits per heavy atom. The van der Waals surface area contributed by atoms with E-state index < -0.39 is 4.92 Å². The van der Waals surface area contributed by atoms with E-state index in [0.717, 1.165) is 0 Å². The van der Waals surface area contributed by atoms with Gasteiger partial charge in [0.15, 0.2) is 5.78 Å². The third-order valence-electron chi connectivity index (χ3n) is 3.61. The fourth-order valence-electron chi connectivity index (χ4n) is 2.44. The van der Waals surface area contributed by atoms with Crippen LogP contribution in [0.2, 0.25) is 0 Å². The van der Waals surface area contributed by atoms with Crippen LogP contribution < -0.4 is 11.5 Å². The summed E-state index contributed by atoms with van der Waals surface area (Å²) in [5.41, 5.74) is 11.7. The Bertz CT molecular complexity index is 936. The maximum absolute atomic E-state index is 12.6. The number of rotatable bonds is 7. The third kappa shape index (κ3) is 4.66. The normalized spacial score (nSPS) is 11.4. The van der Waals surface area contributed by atoms with Crippen molar-refractivity contribution in [2.75, 3.05) is 0 Å². The molecule has 0 saturated heterocycles. The summed E-state index contributed by atoms with van der Waals surface area (Å²) in [5, 5.41) is 18.6. The van der Waals surface area contributed by atoms with Gasteiger partial charge in [-0.05, 0) is 35.3 Å². The maximum Gasteiger partial charge on any atom is 0.328 e. The average Bonchev–Trinajstić information content (AvgIpc) is 3.04. The highest BCUT2D eigenvalue weighted by Crippen LogP contribution is 2.27. The summed E-state index contributed by atoms with van der Waals surface area (Å²) >= 11 is 0. The Balaban J connectivity index is 2.57. The van der Waals surface area contributed by atoms with Crippen LogP contribution in [0.25, 0.3) is 11.8 Å². The van der Waals surface area contributed by atoms with Crippen LogP contribution in [-0.4, -0.2) is 27.4 Å². The van der Waals surface area contributed by atoms with Crippen LogP contribution in [0, 0.1) is 16.0 Å². The molecule has 1 heterocycles. The average molecular weight is 368 g/mol. The van der Waals surface area contributed by atoms with Crippen LogP contribution in [-0.2, 0) is 0 Å². The number of ketones is 1. The van der Waals surface area contributed by atoms with Crippen LogP contribution >= 0.6 is 0 Å². The van der Waals surface area contributed by atoms with Crippen LogP contribution in [0.15, 0.2) is 52.7 Å². The molecule has 0 atom stereocenters. The number of hydrogen-bond acceptors (Lipinski definition) is 5. The Morgan fingerprint density at radius 3 is 2.56 bits per heavy atom. The number of nitro groups is 1. The number of allylic oxidation sites excluding steroid dienone is 1. The lowest BCUT2D eigenvalue weighted by Gasteiger charge is -2.10. The van der Waals surface area contributed by atoms with Crippen molar-refractivity contribution in [1.29, 1.82) is 0 Å². The van der Waals surface area contributed by atoms with Gasteiger partial charge in [-0.2, -0.15) is 9.67 Å². The third-order valence-corrected chi connectivity index (χ3v) is 3.61. The SMILES string of the molecule is CC(C)C(=O)c1ccccc1-n1c(/C=C/C=N/N=C(N)N)ccc1[N+](=O)[O-]. The van der Waals surface area contributed by atoms with Gasteiger partial charge in [-0.25, -0.2) is 0 Å². The highest BCUT2D eigenvalue weighted by Gasteiger charge is 2.24. The summed E-state index contributed by atoms with van der Waals surface area (Å²) in [6.07, 6.45) is 4.48. The van der Waals surface area contributed by atoms with Crippen molar-refractivity contribution >= 4 is 29.9 Å². The van der Waals surface area contributed by atoms with Crippen molar-refractivity contribution in [1.82, 2.24) is 4.57 Å². The molecule has 9 nitrogen and oxygen atoms in total.